The molecule has 0 fully saturated rings. The largest absolute Gasteiger partial charge is 0.496 e. The summed E-state index contributed by atoms with van der Waals surface area (Å²) in [6, 6.07) is 5.59. The lowest BCUT2D eigenvalue weighted by atomic mass is 9.99. The molecule has 1 amide bonds. The SMILES string of the molecule is CCN1CCN(Cc2c(OC)cc(C)[nH]c2=O)C(=O)c2c1ccc(-c1c(C)noc1C)c2Cl. The molecule has 0 spiro atoms. The maximum Gasteiger partial charge on any atom is 0.257 e. The molecule has 0 unspecified atom stereocenters. The summed E-state index contributed by atoms with van der Waals surface area (Å²) in [7, 11) is 1.52. The summed E-state index contributed by atoms with van der Waals surface area (Å²) < 4.78 is 10.8. The van der Waals surface area contributed by atoms with Crippen molar-refractivity contribution in [1.82, 2.24) is 15.0 Å². The van der Waals surface area contributed by atoms with Crippen LogP contribution in [-0.2, 0) is 6.54 Å². The highest BCUT2D eigenvalue weighted by molar-refractivity contribution is 6.37. The van der Waals surface area contributed by atoms with Gasteiger partial charge < -0.3 is 24.0 Å². The van der Waals surface area contributed by atoms with E-state index in [-0.39, 0.29) is 18.0 Å². The predicted molar refractivity (Wildman–Crippen MR) is 127 cm³/mol. The second-order valence-corrected chi connectivity index (χ2v) is 8.53. The molecule has 4 rings (SSSR count). The fourth-order valence-corrected chi connectivity index (χ4v) is 4.74. The Labute approximate surface area is 197 Å². The number of pyridine rings is 1. The van der Waals surface area contributed by atoms with Gasteiger partial charge >= 0.3 is 0 Å². The average Bonchev–Trinajstić information content (AvgIpc) is 3.04. The number of benzene rings is 1. The van der Waals surface area contributed by atoms with Gasteiger partial charge in [0.25, 0.3) is 11.5 Å². The number of hydrogen-bond donors (Lipinski definition) is 1. The van der Waals surface area contributed by atoms with Crippen molar-refractivity contribution in [2.45, 2.75) is 34.2 Å². The molecule has 1 aromatic carbocycles. The van der Waals surface area contributed by atoms with Crippen molar-refractivity contribution in [3.05, 3.63) is 61.9 Å². The second kappa shape index (κ2) is 8.94. The molecule has 0 saturated heterocycles. The number of methoxy groups -OCH3 is 1. The van der Waals surface area contributed by atoms with Crippen molar-refractivity contribution in [2.75, 3.05) is 31.6 Å². The molecular formula is C24H27ClN4O4. The van der Waals surface area contributed by atoms with E-state index in [1.165, 1.54) is 7.11 Å². The van der Waals surface area contributed by atoms with E-state index < -0.39 is 0 Å². The zero-order chi connectivity index (χ0) is 23.9. The number of carbonyl (C=O) groups excluding carboxylic acids is 1. The average molecular weight is 471 g/mol. The van der Waals surface area contributed by atoms with Crippen LogP contribution >= 0.6 is 11.6 Å². The topological polar surface area (TPSA) is 91.7 Å². The van der Waals surface area contributed by atoms with E-state index >= 15 is 0 Å². The van der Waals surface area contributed by atoms with Crippen molar-refractivity contribution >= 4 is 23.2 Å². The van der Waals surface area contributed by atoms with Gasteiger partial charge in [-0.25, -0.2) is 0 Å². The first-order valence-corrected chi connectivity index (χ1v) is 11.2. The number of aryl methyl sites for hydroxylation is 3. The quantitative estimate of drug-likeness (QED) is 0.603. The van der Waals surface area contributed by atoms with Gasteiger partial charge in [-0.2, -0.15) is 0 Å². The highest BCUT2D eigenvalue weighted by Crippen LogP contribution is 2.40. The first-order valence-electron chi connectivity index (χ1n) is 10.8. The van der Waals surface area contributed by atoms with E-state index in [0.29, 0.717) is 64.2 Å². The summed E-state index contributed by atoms with van der Waals surface area (Å²) in [5.41, 5.74) is 4.20. The number of aromatic nitrogens is 2. The van der Waals surface area contributed by atoms with Crippen LogP contribution in [0.5, 0.6) is 5.75 Å². The van der Waals surface area contributed by atoms with Crippen LogP contribution < -0.4 is 15.2 Å². The second-order valence-electron chi connectivity index (χ2n) is 8.16. The minimum atomic E-state index is -0.271. The van der Waals surface area contributed by atoms with Crippen LogP contribution in [0.15, 0.2) is 27.5 Å². The Hall–Kier alpha value is -3.26. The highest BCUT2D eigenvalue weighted by atomic mass is 35.5. The number of ether oxygens (including phenoxy) is 1. The summed E-state index contributed by atoms with van der Waals surface area (Å²) in [6.07, 6.45) is 0. The van der Waals surface area contributed by atoms with Gasteiger partial charge in [0.05, 0.1) is 41.2 Å². The van der Waals surface area contributed by atoms with E-state index in [1.54, 1.807) is 17.9 Å². The van der Waals surface area contributed by atoms with Crippen LogP contribution in [0.1, 0.15) is 40.0 Å². The molecule has 174 valence electrons. The van der Waals surface area contributed by atoms with Crippen LogP contribution in [0.3, 0.4) is 0 Å². The minimum absolute atomic E-state index is 0.112. The van der Waals surface area contributed by atoms with Crippen LogP contribution in [0, 0.1) is 20.8 Å². The number of halogens is 1. The summed E-state index contributed by atoms with van der Waals surface area (Å²) in [5.74, 6) is 0.855. The Bertz CT molecular complexity index is 1260. The summed E-state index contributed by atoms with van der Waals surface area (Å²) in [6.45, 7) is 9.36. The van der Waals surface area contributed by atoms with E-state index in [0.717, 1.165) is 11.3 Å². The lowest BCUT2D eigenvalue weighted by Gasteiger charge is -2.23. The van der Waals surface area contributed by atoms with Crippen molar-refractivity contribution < 1.29 is 14.1 Å². The van der Waals surface area contributed by atoms with Gasteiger partial charge in [-0.3, -0.25) is 9.59 Å². The molecule has 0 radical (unpaired) electrons. The number of aromatic amines is 1. The van der Waals surface area contributed by atoms with Gasteiger partial charge in [0.15, 0.2) is 0 Å². The van der Waals surface area contributed by atoms with Crippen molar-refractivity contribution in [1.29, 1.82) is 0 Å². The third-order valence-corrected chi connectivity index (χ3v) is 6.48. The molecule has 3 heterocycles. The van der Waals surface area contributed by atoms with E-state index in [2.05, 4.69) is 15.0 Å². The van der Waals surface area contributed by atoms with Gasteiger partial charge in [-0.15, -0.1) is 0 Å². The number of likely N-dealkylation sites (N-methyl/N-ethyl adjacent to an activating group) is 1. The molecule has 1 N–H and O–H groups in total. The van der Waals surface area contributed by atoms with E-state index in [9.17, 15) is 9.59 Å². The molecule has 1 aliphatic heterocycles. The third-order valence-electron chi connectivity index (χ3n) is 6.08. The van der Waals surface area contributed by atoms with Gasteiger partial charge in [-0.05, 0) is 39.8 Å². The fraction of sp³-hybridized carbons (Fsp3) is 0.375. The predicted octanol–water partition coefficient (Wildman–Crippen LogP) is 4.10. The molecule has 9 heteroatoms. The molecule has 2 aromatic heterocycles. The number of hydrogen-bond acceptors (Lipinski definition) is 6. The monoisotopic (exact) mass is 470 g/mol. The maximum atomic E-state index is 13.8. The lowest BCUT2D eigenvalue weighted by Crippen LogP contribution is -2.36. The third kappa shape index (κ3) is 3.99. The molecule has 0 aliphatic carbocycles. The van der Waals surface area contributed by atoms with Crippen molar-refractivity contribution in [2.24, 2.45) is 0 Å². The molecule has 3 aromatic rings. The molecular weight excluding hydrogens is 444 g/mol. The number of nitrogens with one attached hydrogen (secondary N) is 1. The summed E-state index contributed by atoms with van der Waals surface area (Å²) in [5, 5.41) is 4.38. The number of H-pyrrole nitrogens is 1. The minimum Gasteiger partial charge on any atom is -0.496 e. The van der Waals surface area contributed by atoms with Crippen molar-refractivity contribution in [3.8, 4) is 16.9 Å². The van der Waals surface area contributed by atoms with Gasteiger partial charge in [-0.1, -0.05) is 22.8 Å². The maximum absolute atomic E-state index is 13.8. The fourth-order valence-electron chi connectivity index (χ4n) is 4.40. The Balaban J connectivity index is 1.83. The van der Waals surface area contributed by atoms with E-state index in [4.69, 9.17) is 20.9 Å². The summed E-state index contributed by atoms with van der Waals surface area (Å²) in [4.78, 5) is 33.1. The molecule has 1 aliphatic rings. The zero-order valence-electron chi connectivity index (χ0n) is 19.4. The van der Waals surface area contributed by atoms with Crippen LogP contribution in [0.2, 0.25) is 5.02 Å². The number of fused-ring (bicyclic) bond motifs is 1. The van der Waals surface area contributed by atoms with Crippen LogP contribution in [0.25, 0.3) is 11.1 Å². The number of nitrogens with zero attached hydrogens (tertiary/aromatic N) is 3. The Kier molecular flexibility index (Phi) is 6.21. The van der Waals surface area contributed by atoms with Gasteiger partial charge in [0.2, 0.25) is 0 Å². The first-order chi connectivity index (χ1) is 15.8. The van der Waals surface area contributed by atoms with Crippen LogP contribution in [0.4, 0.5) is 5.69 Å². The molecule has 0 atom stereocenters. The standard InChI is InChI=1S/C24H27ClN4O4/c1-6-28-9-10-29(12-17-19(32-5)11-13(2)26-23(17)30)24(31)21-18(28)8-7-16(22(21)25)20-14(3)27-33-15(20)4/h7-8,11H,6,9-10,12H2,1-5H3,(H,26,30). The lowest BCUT2D eigenvalue weighted by molar-refractivity contribution is 0.0753. The number of anilines is 1. The smallest absolute Gasteiger partial charge is 0.257 e. The molecule has 33 heavy (non-hydrogen) atoms. The molecule has 8 nitrogen and oxygen atoms in total. The van der Waals surface area contributed by atoms with Gasteiger partial charge in [0, 0.05) is 36.5 Å². The van der Waals surface area contributed by atoms with E-state index in [1.807, 2.05) is 32.9 Å². The van der Waals surface area contributed by atoms with Crippen molar-refractivity contribution in [3.63, 3.8) is 0 Å². The number of rotatable bonds is 5. The van der Waals surface area contributed by atoms with Gasteiger partial charge in [0.1, 0.15) is 11.5 Å². The normalized spacial score (nSPS) is 13.8. The molecule has 0 bridgehead atoms. The number of carbonyl (C=O) groups is 1. The Morgan fingerprint density at radius 3 is 2.52 bits per heavy atom. The summed E-state index contributed by atoms with van der Waals surface area (Å²) >= 11 is 6.89. The Morgan fingerprint density at radius 2 is 1.88 bits per heavy atom. The van der Waals surface area contributed by atoms with Crippen LogP contribution in [-0.4, -0.2) is 47.7 Å². The zero-order valence-corrected chi connectivity index (χ0v) is 20.2. The first kappa shape index (κ1) is 22.9. The number of amides is 1. The molecule has 0 saturated carbocycles. The highest BCUT2D eigenvalue weighted by Gasteiger charge is 2.31. The Morgan fingerprint density at radius 1 is 1.15 bits per heavy atom.